The van der Waals surface area contributed by atoms with Crippen molar-refractivity contribution >= 4 is 17.5 Å². The second kappa shape index (κ2) is 5.09. The van der Waals surface area contributed by atoms with E-state index in [2.05, 4.69) is 15.4 Å². The fourth-order valence-corrected chi connectivity index (χ4v) is 1.84. The molecular weight excluding hydrogens is 242 g/mol. The first-order valence-corrected chi connectivity index (χ1v) is 6.08. The van der Waals surface area contributed by atoms with Gasteiger partial charge in [0.1, 0.15) is 11.6 Å². The van der Waals surface area contributed by atoms with E-state index in [4.69, 9.17) is 5.73 Å². The number of nitrogens with one attached hydrogen (secondary N) is 1. The zero-order valence-electron chi connectivity index (χ0n) is 11.3. The number of aryl methyl sites for hydroxylation is 3. The van der Waals surface area contributed by atoms with Gasteiger partial charge in [0.25, 0.3) is 5.91 Å². The average molecular weight is 259 g/mol. The van der Waals surface area contributed by atoms with Crippen molar-refractivity contribution in [2.24, 2.45) is 7.05 Å². The van der Waals surface area contributed by atoms with Crippen molar-refractivity contribution in [1.82, 2.24) is 14.8 Å². The molecule has 0 saturated carbocycles. The largest absolute Gasteiger partial charge is 0.384 e. The molecule has 19 heavy (non-hydrogen) atoms. The Morgan fingerprint density at radius 1 is 1.42 bits per heavy atom. The number of amides is 1. The molecule has 0 aromatic carbocycles. The highest BCUT2D eigenvalue weighted by molar-refractivity contribution is 6.04. The third-order valence-electron chi connectivity index (χ3n) is 2.77. The lowest BCUT2D eigenvalue weighted by Gasteiger charge is -2.07. The molecular formula is C13H17N5O. The number of hydrogen-bond acceptors (Lipinski definition) is 4. The van der Waals surface area contributed by atoms with Gasteiger partial charge in [-0.2, -0.15) is 5.10 Å². The first-order valence-electron chi connectivity index (χ1n) is 6.08. The van der Waals surface area contributed by atoms with Crippen LogP contribution < -0.4 is 11.1 Å². The van der Waals surface area contributed by atoms with Crippen molar-refractivity contribution in [1.29, 1.82) is 0 Å². The standard InChI is InChI=1S/C13H17N5O/c1-4-10-6-9(7-11(14)15-10)13(19)16-12-5-8(2)17-18(12)3/h5-7H,4H2,1-3H3,(H2,14,15)(H,16,19). The van der Waals surface area contributed by atoms with Crippen LogP contribution in [0.3, 0.4) is 0 Å². The van der Waals surface area contributed by atoms with Gasteiger partial charge < -0.3 is 11.1 Å². The predicted octanol–water partition coefficient (Wildman–Crippen LogP) is 1.52. The summed E-state index contributed by atoms with van der Waals surface area (Å²) in [6.07, 6.45) is 0.732. The van der Waals surface area contributed by atoms with Crippen molar-refractivity contribution in [3.05, 3.63) is 35.2 Å². The first kappa shape index (κ1) is 13.1. The molecule has 3 N–H and O–H groups in total. The minimum atomic E-state index is -0.216. The second-order valence-electron chi connectivity index (χ2n) is 4.37. The van der Waals surface area contributed by atoms with Gasteiger partial charge in [-0.15, -0.1) is 0 Å². The molecule has 0 saturated heterocycles. The van der Waals surface area contributed by atoms with Gasteiger partial charge in [0.2, 0.25) is 0 Å². The maximum absolute atomic E-state index is 12.2. The van der Waals surface area contributed by atoms with Gasteiger partial charge in [-0.3, -0.25) is 9.48 Å². The van der Waals surface area contributed by atoms with Gasteiger partial charge in [0.05, 0.1) is 5.69 Å². The second-order valence-corrected chi connectivity index (χ2v) is 4.37. The van der Waals surface area contributed by atoms with E-state index in [1.807, 2.05) is 19.9 Å². The summed E-state index contributed by atoms with van der Waals surface area (Å²) in [6, 6.07) is 5.12. The molecule has 0 bridgehead atoms. The lowest BCUT2D eigenvalue weighted by atomic mass is 10.2. The van der Waals surface area contributed by atoms with Crippen LogP contribution in [-0.4, -0.2) is 20.7 Å². The molecule has 0 radical (unpaired) electrons. The van der Waals surface area contributed by atoms with Gasteiger partial charge in [-0.05, 0) is 25.5 Å². The maximum atomic E-state index is 12.2. The van der Waals surface area contributed by atoms with E-state index < -0.39 is 0 Å². The lowest BCUT2D eigenvalue weighted by molar-refractivity contribution is 0.102. The molecule has 1 amide bonds. The normalized spacial score (nSPS) is 10.5. The molecule has 0 aliphatic carbocycles. The fraction of sp³-hybridized carbons (Fsp3) is 0.308. The molecule has 6 nitrogen and oxygen atoms in total. The van der Waals surface area contributed by atoms with Gasteiger partial charge in [0.15, 0.2) is 0 Å². The van der Waals surface area contributed by atoms with Crippen molar-refractivity contribution in [2.75, 3.05) is 11.1 Å². The molecule has 0 atom stereocenters. The van der Waals surface area contributed by atoms with E-state index in [1.54, 1.807) is 23.9 Å². The van der Waals surface area contributed by atoms with E-state index in [0.717, 1.165) is 17.8 Å². The SMILES string of the molecule is CCc1cc(C(=O)Nc2cc(C)nn2C)cc(N)n1. The molecule has 6 heteroatoms. The van der Waals surface area contributed by atoms with E-state index in [-0.39, 0.29) is 5.91 Å². The average Bonchev–Trinajstić information content (AvgIpc) is 2.67. The number of carbonyl (C=O) groups is 1. The van der Waals surface area contributed by atoms with E-state index in [1.165, 1.54) is 0 Å². The van der Waals surface area contributed by atoms with Gasteiger partial charge in [-0.25, -0.2) is 4.98 Å². The molecule has 0 fully saturated rings. The third kappa shape index (κ3) is 2.90. The fourth-order valence-electron chi connectivity index (χ4n) is 1.84. The summed E-state index contributed by atoms with van der Waals surface area (Å²) in [5.41, 5.74) is 7.84. The van der Waals surface area contributed by atoms with Crippen LogP contribution in [0.15, 0.2) is 18.2 Å². The van der Waals surface area contributed by atoms with Crippen LogP contribution in [0.5, 0.6) is 0 Å². The van der Waals surface area contributed by atoms with Crippen LogP contribution in [0.4, 0.5) is 11.6 Å². The van der Waals surface area contributed by atoms with Crippen LogP contribution in [-0.2, 0) is 13.5 Å². The Kier molecular flexibility index (Phi) is 3.50. The molecule has 2 aromatic heterocycles. The number of nitrogens with zero attached hydrogens (tertiary/aromatic N) is 3. The summed E-state index contributed by atoms with van der Waals surface area (Å²) in [5, 5.41) is 6.98. The molecule has 0 unspecified atom stereocenters. The van der Waals surface area contributed by atoms with Gasteiger partial charge in [0, 0.05) is 24.4 Å². The van der Waals surface area contributed by atoms with Crippen LogP contribution in [0.2, 0.25) is 0 Å². The molecule has 0 aliphatic heterocycles. The lowest BCUT2D eigenvalue weighted by Crippen LogP contribution is -2.15. The zero-order chi connectivity index (χ0) is 14.0. The molecule has 2 aromatic rings. The Labute approximate surface area is 111 Å². The highest BCUT2D eigenvalue weighted by atomic mass is 16.1. The monoisotopic (exact) mass is 259 g/mol. The summed E-state index contributed by atoms with van der Waals surface area (Å²) in [7, 11) is 1.78. The van der Waals surface area contributed by atoms with Crippen LogP contribution in [0, 0.1) is 6.92 Å². The summed E-state index contributed by atoms with van der Waals surface area (Å²) in [4.78, 5) is 16.3. The number of carbonyl (C=O) groups excluding carboxylic acids is 1. The predicted molar refractivity (Wildman–Crippen MR) is 73.9 cm³/mol. The highest BCUT2D eigenvalue weighted by Crippen LogP contribution is 2.13. The van der Waals surface area contributed by atoms with Gasteiger partial charge >= 0.3 is 0 Å². The Bertz CT molecular complexity index is 617. The minimum Gasteiger partial charge on any atom is -0.384 e. The van der Waals surface area contributed by atoms with E-state index in [0.29, 0.717) is 17.2 Å². The number of hydrogen-bond donors (Lipinski definition) is 2. The van der Waals surface area contributed by atoms with Crippen LogP contribution in [0.1, 0.15) is 28.7 Å². The third-order valence-corrected chi connectivity index (χ3v) is 2.77. The van der Waals surface area contributed by atoms with Crippen LogP contribution in [0.25, 0.3) is 0 Å². The summed E-state index contributed by atoms with van der Waals surface area (Å²) >= 11 is 0. The van der Waals surface area contributed by atoms with Crippen molar-refractivity contribution in [3.63, 3.8) is 0 Å². The summed E-state index contributed by atoms with van der Waals surface area (Å²) < 4.78 is 1.62. The number of nitrogen functional groups attached to an aromatic ring is 1. The van der Waals surface area contributed by atoms with E-state index in [9.17, 15) is 4.79 Å². The number of pyridine rings is 1. The van der Waals surface area contributed by atoms with Crippen molar-refractivity contribution < 1.29 is 4.79 Å². The number of anilines is 2. The number of nitrogens with two attached hydrogens (primary N) is 1. The maximum Gasteiger partial charge on any atom is 0.257 e. The van der Waals surface area contributed by atoms with E-state index >= 15 is 0 Å². The quantitative estimate of drug-likeness (QED) is 0.875. The minimum absolute atomic E-state index is 0.216. The zero-order valence-corrected chi connectivity index (χ0v) is 11.3. The Morgan fingerprint density at radius 2 is 2.16 bits per heavy atom. The smallest absolute Gasteiger partial charge is 0.257 e. The Morgan fingerprint density at radius 3 is 2.74 bits per heavy atom. The Hall–Kier alpha value is -2.37. The summed E-state index contributed by atoms with van der Waals surface area (Å²) in [5.74, 6) is 0.786. The molecule has 2 heterocycles. The Balaban J connectivity index is 2.25. The van der Waals surface area contributed by atoms with Gasteiger partial charge in [-0.1, -0.05) is 6.92 Å². The number of rotatable bonds is 3. The number of aromatic nitrogens is 3. The highest BCUT2D eigenvalue weighted by Gasteiger charge is 2.11. The molecule has 0 aliphatic rings. The first-order chi connectivity index (χ1) is 8.99. The van der Waals surface area contributed by atoms with Crippen LogP contribution >= 0.6 is 0 Å². The molecule has 0 spiro atoms. The van der Waals surface area contributed by atoms with Crippen molar-refractivity contribution in [2.45, 2.75) is 20.3 Å². The topological polar surface area (TPSA) is 85.8 Å². The molecule has 100 valence electrons. The molecule has 2 rings (SSSR count). The summed E-state index contributed by atoms with van der Waals surface area (Å²) in [6.45, 7) is 3.84. The van der Waals surface area contributed by atoms with Crippen molar-refractivity contribution in [3.8, 4) is 0 Å².